The number of hydrogen-bond donors (Lipinski definition) is 0. The lowest BCUT2D eigenvalue weighted by atomic mass is 10.3. The number of sulfonamides is 1. The number of rotatable bonds is 4. The summed E-state index contributed by atoms with van der Waals surface area (Å²) in [5, 5.41) is -0.154. The fraction of sp³-hybridized carbons (Fsp3) is 0.692. The Morgan fingerprint density at radius 1 is 1.20 bits per heavy atom. The molecule has 6 nitrogen and oxygen atoms in total. The van der Waals surface area contributed by atoms with Gasteiger partial charge in [0, 0.05) is 17.9 Å². The molecule has 1 aliphatic heterocycles. The normalized spacial score (nSPS) is 24.0. The van der Waals surface area contributed by atoms with Crippen LogP contribution in [0.4, 0.5) is 0 Å². The lowest BCUT2D eigenvalue weighted by Crippen LogP contribution is -2.33. The minimum Gasteiger partial charge on any atom is -0.459 e. The van der Waals surface area contributed by atoms with Crippen LogP contribution in [-0.2, 0) is 10.0 Å². The van der Waals surface area contributed by atoms with Crippen LogP contribution in [-0.4, -0.2) is 47.1 Å². The van der Waals surface area contributed by atoms with Crippen LogP contribution in [0, 0.1) is 13.8 Å². The highest BCUT2D eigenvalue weighted by Crippen LogP contribution is 2.33. The van der Waals surface area contributed by atoms with E-state index in [1.165, 1.54) is 0 Å². The van der Waals surface area contributed by atoms with E-state index in [0.29, 0.717) is 25.5 Å². The summed E-state index contributed by atoms with van der Waals surface area (Å²) in [7, 11) is -3.09. The largest absolute Gasteiger partial charge is 0.459 e. The topological polar surface area (TPSA) is 72.4 Å². The molecule has 2 heterocycles. The van der Waals surface area contributed by atoms with Gasteiger partial charge in [-0.2, -0.15) is 4.31 Å². The maximum absolute atomic E-state index is 12.1. The molecule has 1 atom stereocenters. The fourth-order valence-electron chi connectivity index (χ4n) is 2.50. The molecule has 110 valence electrons. The molecule has 1 saturated carbocycles. The standard InChI is InChI=1S/C13H19N3O3S/c1-9-7-10(2)15-13(14-9)19-11-5-6-16(8-11)20(17,18)12-3-4-12/h7,11-12H,3-6,8H2,1-2H3. The molecule has 1 unspecified atom stereocenters. The molecular weight excluding hydrogens is 278 g/mol. The molecule has 0 bridgehead atoms. The van der Waals surface area contributed by atoms with Crippen molar-refractivity contribution in [2.24, 2.45) is 0 Å². The SMILES string of the molecule is Cc1cc(C)nc(OC2CCN(S(=O)(=O)C3CC3)C2)n1. The van der Waals surface area contributed by atoms with Gasteiger partial charge in [-0.25, -0.2) is 18.4 Å². The predicted molar refractivity (Wildman–Crippen MR) is 74.1 cm³/mol. The quantitative estimate of drug-likeness (QED) is 0.830. The Kier molecular flexibility index (Phi) is 3.41. The van der Waals surface area contributed by atoms with Crippen LogP contribution in [0.15, 0.2) is 6.07 Å². The Balaban J connectivity index is 1.65. The van der Waals surface area contributed by atoms with Crippen LogP contribution in [0.2, 0.25) is 0 Å². The summed E-state index contributed by atoms with van der Waals surface area (Å²) in [6.45, 7) is 4.73. The van der Waals surface area contributed by atoms with Gasteiger partial charge in [0.05, 0.1) is 11.8 Å². The molecule has 0 spiro atoms. The van der Waals surface area contributed by atoms with Gasteiger partial charge >= 0.3 is 6.01 Å². The first-order chi connectivity index (χ1) is 9.45. The van der Waals surface area contributed by atoms with Gasteiger partial charge in [0.1, 0.15) is 6.10 Å². The van der Waals surface area contributed by atoms with Crippen molar-refractivity contribution in [1.82, 2.24) is 14.3 Å². The minimum atomic E-state index is -3.09. The lowest BCUT2D eigenvalue weighted by molar-refractivity contribution is 0.197. The molecule has 2 fully saturated rings. The van der Waals surface area contributed by atoms with Gasteiger partial charge < -0.3 is 4.74 Å². The van der Waals surface area contributed by atoms with Gasteiger partial charge in [0.25, 0.3) is 0 Å². The number of aromatic nitrogens is 2. The summed E-state index contributed by atoms with van der Waals surface area (Å²) in [5.74, 6) is 0. The molecule has 1 saturated heterocycles. The average molecular weight is 297 g/mol. The van der Waals surface area contributed by atoms with Crippen molar-refractivity contribution in [1.29, 1.82) is 0 Å². The van der Waals surface area contributed by atoms with Gasteiger partial charge in [0.2, 0.25) is 10.0 Å². The van der Waals surface area contributed by atoms with Crippen LogP contribution in [0.5, 0.6) is 6.01 Å². The molecule has 0 radical (unpaired) electrons. The summed E-state index contributed by atoms with van der Waals surface area (Å²) < 4.78 is 31.6. The second-order valence-corrected chi connectivity index (χ2v) is 7.78. The first-order valence-electron chi connectivity index (χ1n) is 6.93. The maximum Gasteiger partial charge on any atom is 0.317 e. The van der Waals surface area contributed by atoms with Crippen LogP contribution < -0.4 is 4.74 Å². The van der Waals surface area contributed by atoms with E-state index in [2.05, 4.69) is 9.97 Å². The van der Waals surface area contributed by atoms with E-state index >= 15 is 0 Å². The number of aryl methyl sites for hydroxylation is 2. The molecule has 0 aromatic carbocycles. The summed E-state index contributed by atoms with van der Waals surface area (Å²) in [4.78, 5) is 8.46. The van der Waals surface area contributed by atoms with Crippen LogP contribution in [0.25, 0.3) is 0 Å². The van der Waals surface area contributed by atoms with E-state index in [4.69, 9.17) is 4.74 Å². The second kappa shape index (κ2) is 4.96. The first-order valence-corrected chi connectivity index (χ1v) is 8.43. The van der Waals surface area contributed by atoms with E-state index in [1.807, 2.05) is 19.9 Å². The Morgan fingerprint density at radius 3 is 2.45 bits per heavy atom. The molecule has 3 rings (SSSR count). The monoisotopic (exact) mass is 297 g/mol. The minimum absolute atomic E-state index is 0.148. The predicted octanol–water partition coefficient (Wildman–Crippen LogP) is 1.04. The van der Waals surface area contributed by atoms with E-state index in [1.54, 1.807) is 4.31 Å². The third-order valence-electron chi connectivity index (χ3n) is 3.65. The Hall–Kier alpha value is -1.21. The molecule has 0 N–H and O–H groups in total. The van der Waals surface area contributed by atoms with Crippen molar-refractivity contribution >= 4 is 10.0 Å². The summed E-state index contributed by atoms with van der Waals surface area (Å²) in [6.07, 6.45) is 2.14. The highest BCUT2D eigenvalue weighted by Gasteiger charge is 2.43. The highest BCUT2D eigenvalue weighted by atomic mass is 32.2. The van der Waals surface area contributed by atoms with Crippen molar-refractivity contribution in [3.05, 3.63) is 17.5 Å². The third-order valence-corrected chi connectivity index (χ3v) is 6.01. The maximum atomic E-state index is 12.1. The van der Waals surface area contributed by atoms with Crippen molar-refractivity contribution < 1.29 is 13.2 Å². The second-order valence-electron chi connectivity index (χ2n) is 5.56. The molecule has 0 amide bonds. The molecule has 20 heavy (non-hydrogen) atoms. The average Bonchev–Trinajstić information content (AvgIpc) is 3.10. The molecule has 7 heteroatoms. The Bertz CT molecular complexity index is 593. The van der Waals surface area contributed by atoms with Crippen LogP contribution in [0.1, 0.15) is 30.7 Å². The lowest BCUT2D eigenvalue weighted by Gasteiger charge is -2.16. The van der Waals surface area contributed by atoms with Crippen molar-refractivity contribution in [2.75, 3.05) is 13.1 Å². The Labute approximate surface area is 119 Å². The van der Waals surface area contributed by atoms with Crippen molar-refractivity contribution in [3.63, 3.8) is 0 Å². The fourth-order valence-corrected chi connectivity index (χ4v) is 4.38. The molecule has 1 aliphatic carbocycles. The van der Waals surface area contributed by atoms with Gasteiger partial charge in [-0.1, -0.05) is 0 Å². The molecule has 1 aromatic rings. The van der Waals surface area contributed by atoms with Gasteiger partial charge in [-0.15, -0.1) is 0 Å². The number of ether oxygens (including phenoxy) is 1. The number of hydrogen-bond acceptors (Lipinski definition) is 5. The molecule has 2 aliphatic rings. The molecular formula is C13H19N3O3S. The zero-order chi connectivity index (χ0) is 14.3. The van der Waals surface area contributed by atoms with Crippen LogP contribution in [0.3, 0.4) is 0 Å². The van der Waals surface area contributed by atoms with Gasteiger partial charge in [-0.3, -0.25) is 0 Å². The van der Waals surface area contributed by atoms with Gasteiger partial charge in [0.15, 0.2) is 0 Å². The van der Waals surface area contributed by atoms with E-state index < -0.39 is 10.0 Å². The highest BCUT2D eigenvalue weighted by molar-refractivity contribution is 7.90. The number of nitrogens with zero attached hydrogens (tertiary/aromatic N) is 3. The zero-order valence-corrected chi connectivity index (χ0v) is 12.6. The van der Waals surface area contributed by atoms with Crippen molar-refractivity contribution in [3.8, 4) is 6.01 Å². The third kappa shape index (κ3) is 2.78. The summed E-state index contributed by atoms with van der Waals surface area (Å²) >= 11 is 0. The van der Waals surface area contributed by atoms with Crippen LogP contribution >= 0.6 is 0 Å². The molecule has 1 aromatic heterocycles. The van der Waals surface area contributed by atoms with Gasteiger partial charge in [-0.05, 0) is 39.2 Å². The summed E-state index contributed by atoms with van der Waals surface area (Å²) in [6, 6.07) is 2.23. The van der Waals surface area contributed by atoms with Crippen molar-refractivity contribution in [2.45, 2.75) is 44.5 Å². The smallest absolute Gasteiger partial charge is 0.317 e. The first kappa shape index (κ1) is 13.8. The van der Waals surface area contributed by atoms with E-state index in [9.17, 15) is 8.42 Å². The summed E-state index contributed by atoms with van der Waals surface area (Å²) in [5.41, 5.74) is 1.71. The Morgan fingerprint density at radius 2 is 1.85 bits per heavy atom. The zero-order valence-electron chi connectivity index (χ0n) is 11.7. The van der Waals surface area contributed by atoms with E-state index in [-0.39, 0.29) is 11.4 Å². The van der Waals surface area contributed by atoms with E-state index in [0.717, 1.165) is 24.2 Å².